The highest BCUT2D eigenvalue weighted by Crippen LogP contribution is 2.14. The highest BCUT2D eigenvalue weighted by Gasteiger charge is 2.32. The molecule has 0 saturated heterocycles. The Morgan fingerprint density at radius 2 is 1.59 bits per heavy atom. The number of ether oxygens (including phenoxy) is 2. The summed E-state index contributed by atoms with van der Waals surface area (Å²) in [6.45, 7) is -0.189. The third-order valence-electron chi connectivity index (χ3n) is 5.02. The molecule has 0 aliphatic rings. The molecule has 2 aromatic carbocycles. The molecule has 10 heteroatoms. The number of nitrogens with one attached hydrogen (secondary N) is 1. The maximum atomic E-state index is 12.6. The van der Waals surface area contributed by atoms with E-state index in [2.05, 4.69) is 5.32 Å². The fraction of sp³-hybridized carbons (Fsp3) is 0.333. The van der Waals surface area contributed by atoms with Crippen LogP contribution in [0, 0.1) is 0 Å². The van der Waals surface area contributed by atoms with Gasteiger partial charge in [0, 0.05) is 13.0 Å². The van der Waals surface area contributed by atoms with Gasteiger partial charge in [-0.3, -0.25) is 4.79 Å². The molecule has 0 fully saturated rings. The van der Waals surface area contributed by atoms with E-state index in [0.717, 1.165) is 11.1 Å². The number of alkyl halides is 1. The van der Waals surface area contributed by atoms with Gasteiger partial charge in [-0.05, 0) is 17.5 Å². The summed E-state index contributed by atoms with van der Waals surface area (Å²) >= 11 is 5.75. The van der Waals surface area contributed by atoms with Crippen LogP contribution in [-0.4, -0.2) is 65.6 Å². The molecule has 0 bridgehead atoms. The first-order chi connectivity index (χ1) is 16.3. The Labute approximate surface area is 202 Å². The lowest BCUT2D eigenvalue weighted by Crippen LogP contribution is -2.50. The van der Waals surface area contributed by atoms with Crippen LogP contribution in [0.1, 0.15) is 17.5 Å². The average molecular weight is 491 g/mol. The summed E-state index contributed by atoms with van der Waals surface area (Å²) in [5, 5.41) is 11.8. The van der Waals surface area contributed by atoms with Crippen LogP contribution in [0.15, 0.2) is 60.7 Å². The van der Waals surface area contributed by atoms with Crippen LogP contribution in [-0.2, 0) is 36.9 Å². The van der Waals surface area contributed by atoms with Crippen molar-refractivity contribution in [2.45, 2.75) is 31.5 Å². The summed E-state index contributed by atoms with van der Waals surface area (Å²) in [6.07, 6.45) is -0.943. The number of carboxylic acid groups (broad SMARTS) is 1. The molecule has 2 amide bonds. The Kier molecular flexibility index (Phi) is 10.9. The van der Waals surface area contributed by atoms with Crippen molar-refractivity contribution in [2.75, 3.05) is 19.5 Å². The zero-order valence-electron chi connectivity index (χ0n) is 18.7. The first kappa shape index (κ1) is 26.7. The Morgan fingerprint density at radius 1 is 1.00 bits per heavy atom. The van der Waals surface area contributed by atoms with E-state index in [9.17, 15) is 24.3 Å². The average Bonchev–Trinajstić information content (AvgIpc) is 2.86. The van der Waals surface area contributed by atoms with Gasteiger partial charge in [-0.2, -0.15) is 0 Å². The molecule has 34 heavy (non-hydrogen) atoms. The Balaban J connectivity index is 2.08. The molecule has 182 valence electrons. The van der Waals surface area contributed by atoms with Crippen molar-refractivity contribution in [3.8, 4) is 0 Å². The van der Waals surface area contributed by atoms with Gasteiger partial charge in [0.15, 0.2) is 0 Å². The molecule has 2 aromatic rings. The largest absolute Gasteiger partial charge is 0.480 e. The van der Waals surface area contributed by atoms with E-state index in [1.165, 1.54) is 12.0 Å². The molecule has 0 saturated carbocycles. The summed E-state index contributed by atoms with van der Waals surface area (Å²) in [7, 11) is 1.20. The highest BCUT2D eigenvalue weighted by molar-refractivity contribution is 6.27. The number of carbonyl (C=O) groups excluding carboxylic acids is 3. The van der Waals surface area contributed by atoms with Crippen molar-refractivity contribution in [3.63, 3.8) is 0 Å². The number of esters is 1. The van der Waals surface area contributed by atoms with Crippen molar-refractivity contribution in [2.24, 2.45) is 0 Å². The molecule has 9 nitrogen and oxygen atoms in total. The standard InChI is InChI=1S/C24H27ClN2O7/c1-33-23(31)20(14-17-8-4-2-5-9-17)27(21(28)15-25)13-12-19(22(29)30)26-24(32)34-16-18-10-6-3-7-11-18/h2-11,19-20H,12-16H2,1H3,(H,26,32)(H,29,30)/t19-,20-/m0/s1. The van der Waals surface area contributed by atoms with Gasteiger partial charge in [-0.15, -0.1) is 11.6 Å². The molecule has 0 aromatic heterocycles. The number of alkyl carbamates (subject to hydrolysis) is 1. The van der Waals surface area contributed by atoms with Gasteiger partial charge >= 0.3 is 18.0 Å². The molecule has 0 spiro atoms. The van der Waals surface area contributed by atoms with Crippen molar-refractivity contribution < 1.29 is 33.8 Å². The molecule has 0 heterocycles. The first-order valence-corrected chi connectivity index (χ1v) is 11.1. The third-order valence-corrected chi connectivity index (χ3v) is 5.25. The van der Waals surface area contributed by atoms with Gasteiger partial charge in [0.2, 0.25) is 5.91 Å². The van der Waals surface area contributed by atoms with E-state index in [-0.39, 0.29) is 26.0 Å². The normalized spacial score (nSPS) is 12.2. The minimum Gasteiger partial charge on any atom is -0.480 e. The number of hydrogen-bond acceptors (Lipinski definition) is 6. The first-order valence-electron chi connectivity index (χ1n) is 10.5. The molecule has 0 aliphatic heterocycles. The Hall–Kier alpha value is -3.59. The minimum atomic E-state index is -1.36. The molecule has 2 N–H and O–H groups in total. The number of amides is 2. The maximum absolute atomic E-state index is 12.6. The summed E-state index contributed by atoms with van der Waals surface area (Å²) in [5.74, 6) is -2.95. The minimum absolute atomic E-state index is 0.0304. The second-order valence-electron chi connectivity index (χ2n) is 7.34. The lowest BCUT2D eigenvalue weighted by Gasteiger charge is -2.30. The number of benzene rings is 2. The van der Waals surface area contributed by atoms with Crippen molar-refractivity contribution in [1.29, 1.82) is 0 Å². The van der Waals surface area contributed by atoms with Gasteiger partial charge in [-0.25, -0.2) is 14.4 Å². The zero-order chi connectivity index (χ0) is 24.9. The zero-order valence-corrected chi connectivity index (χ0v) is 19.4. The fourth-order valence-corrected chi connectivity index (χ4v) is 3.41. The van der Waals surface area contributed by atoms with Crippen LogP contribution in [0.2, 0.25) is 0 Å². The molecule has 2 atom stereocenters. The number of nitrogens with zero attached hydrogens (tertiary/aromatic N) is 1. The predicted molar refractivity (Wildman–Crippen MR) is 124 cm³/mol. The van der Waals surface area contributed by atoms with E-state index >= 15 is 0 Å². The topological polar surface area (TPSA) is 122 Å². The van der Waals surface area contributed by atoms with Crippen LogP contribution < -0.4 is 5.32 Å². The molecule has 0 radical (unpaired) electrons. The van der Waals surface area contributed by atoms with E-state index in [4.69, 9.17) is 21.1 Å². The monoisotopic (exact) mass is 490 g/mol. The highest BCUT2D eigenvalue weighted by atomic mass is 35.5. The number of halogens is 1. The van der Waals surface area contributed by atoms with E-state index in [1.54, 1.807) is 48.5 Å². The van der Waals surface area contributed by atoms with E-state index in [1.807, 2.05) is 12.1 Å². The molecule has 0 aliphatic carbocycles. The van der Waals surface area contributed by atoms with Gasteiger partial charge in [0.1, 0.15) is 24.6 Å². The van der Waals surface area contributed by atoms with Crippen LogP contribution in [0.5, 0.6) is 0 Å². The quantitative estimate of drug-likeness (QED) is 0.346. The van der Waals surface area contributed by atoms with Crippen LogP contribution in [0.4, 0.5) is 4.79 Å². The van der Waals surface area contributed by atoms with Gasteiger partial charge in [0.05, 0.1) is 7.11 Å². The second kappa shape index (κ2) is 13.8. The van der Waals surface area contributed by atoms with Crippen molar-refractivity contribution >= 4 is 35.5 Å². The summed E-state index contributed by atoms with van der Waals surface area (Å²) in [4.78, 5) is 50.1. The smallest absolute Gasteiger partial charge is 0.408 e. The molecular weight excluding hydrogens is 464 g/mol. The van der Waals surface area contributed by atoms with E-state index < -0.39 is 41.9 Å². The number of hydrogen-bond donors (Lipinski definition) is 2. The molecule has 0 unspecified atom stereocenters. The number of methoxy groups -OCH3 is 1. The Morgan fingerprint density at radius 3 is 2.12 bits per heavy atom. The fourth-order valence-electron chi connectivity index (χ4n) is 3.26. The summed E-state index contributed by atoms with van der Waals surface area (Å²) in [5.41, 5.74) is 1.52. The lowest BCUT2D eigenvalue weighted by atomic mass is 10.0. The number of rotatable bonds is 12. The Bertz CT molecular complexity index is 956. The predicted octanol–water partition coefficient (Wildman–Crippen LogP) is 2.61. The third kappa shape index (κ3) is 8.40. The van der Waals surface area contributed by atoms with E-state index in [0.29, 0.717) is 0 Å². The lowest BCUT2D eigenvalue weighted by molar-refractivity contribution is -0.152. The molecule has 2 rings (SSSR count). The number of carbonyl (C=O) groups is 4. The van der Waals surface area contributed by atoms with Crippen molar-refractivity contribution in [1.82, 2.24) is 10.2 Å². The summed E-state index contributed by atoms with van der Waals surface area (Å²) < 4.78 is 9.95. The van der Waals surface area contributed by atoms with Crippen LogP contribution in [0.3, 0.4) is 0 Å². The van der Waals surface area contributed by atoms with Crippen LogP contribution >= 0.6 is 11.6 Å². The van der Waals surface area contributed by atoms with Gasteiger partial charge in [-0.1, -0.05) is 60.7 Å². The number of aliphatic carboxylic acids is 1. The van der Waals surface area contributed by atoms with Gasteiger partial charge < -0.3 is 24.8 Å². The van der Waals surface area contributed by atoms with Crippen molar-refractivity contribution in [3.05, 3.63) is 71.8 Å². The SMILES string of the molecule is COC(=O)[C@H](Cc1ccccc1)N(CC[C@H](NC(=O)OCc1ccccc1)C(=O)O)C(=O)CCl. The number of carboxylic acids is 1. The van der Waals surface area contributed by atoms with Gasteiger partial charge in [0.25, 0.3) is 0 Å². The second-order valence-corrected chi connectivity index (χ2v) is 7.60. The maximum Gasteiger partial charge on any atom is 0.408 e. The molecular formula is C24H27ClN2O7. The van der Waals surface area contributed by atoms with Crippen LogP contribution in [0.25, 0.3) is 0 Å². The summed E-state index contributed by atoms with van der Waals surface area (Å²) in [6, 6.07) is 15.5.